The summed E-state index contributed by atoms with van der Waals surface area (Å²) >= 11 is 3.47. The summed E-state index contributed by atoms with van der Waals surface area (Å²) in [6.07, 6.45) is 0.266. The molecular weight excluding hydrogens is 650 g/mol. The van der Waals surface area contributed by atoms with Crippen molar-refractivity contribution in [2.24, 2.45) is 5.92 Å². The molecule has 0 bridgehead atoms. The van der Waals surface area contributed by atoms with Gasteiger partial charge in [0.05, 0.1) is 10.6 Å². The number of hydrogen-bond donors (Lipinski definition) is 1. The second-order valence-corrected chi connectivity index (χ2v) is 14.3. The minimum Gasteiger partial charge on any atom is -0.354 e. The van der Waals surface area contributed by atoms with Gasteiger partial charge in [-0.1, -0.05) is 103 Å². The molecule has 0 heterocycles. The Bertz CT molecular complexity index is 1700. The summed E-state index contributed by atoms with van der Waals surface area (Å²) in [6, 6.07) is 29.7. The van der Waals surface area contributed by atoms with Gasteiger partial charge in [-0.05, 0) is 72.4 Å². The molecule has 7 nitrogen and oxygen atoms in total. The second kappa shape index (κ2) is 15.4. The molecule has 2 amide bonds. The van der Waals surface area contributed by atoms with Gasteiger partial charge < -0.3 is 10.2 Å². The van der Waals surface area contributed by atoms with Crippen molar-refractivity contribution in [1.82, 2.24) is 10.2 Å². The molecule has 1 N–H and O–H groups in total. The van der Waals surface area contributed by atoms with E-state index in [1.54, 1.807) is 30.3 Å². The molecule has 0 saturated carbocycles. The van der Waals surface area contributed by atoms with Crippen LogP contribution in [0.15, 0.2) is 112 Å². The van der Waals surface area contributed by atoms with Crippen molar-refractivity contribution in [3.63, 3.8) is 0 Å². The Kier molecular flexibility index (Phi) is 11.6. The molecule has 0 spiro atoms. The number of amides is 2. The highest BCUT2D eigenvalue weighted by Gasteiger charge is 2.35. The number of sulfonamides is 1. The number of rotatable bonds is 13. The summed E-state index contributed by atoms with van der Waals surface area (Å²) < 4.78 is 30.4. The van der Waals surface area contributed by atoms with E-state index in [1.165, 1.54) is 21.3 Å². The fourth-order valence-corrected chi connectivity index (χ4v) is 6.76. The maximum Gasteiger partial charge on any atom is 0.264 e. The van der Waals surface area contributed by atoms with Crippen LogP contribution in [0.2, 0.25) is 0 Å². The summed E-state index contributed by atoms with van der Waals surface area (Å²) in [7, 11) is -4.15. The molecule has 0 radical (unpaired) electrons. The summed E-state index contributed by atoms with van der Waals surface area (Å²) in [6.45, 7) is 7.84. The molecule has 45 heavy (non-hydrogen) atoms. The SMILES string of the molecule is Cc1cccc(N(CC(=O)N(Cc2ccc(Br)cc2)[C@@H](Cc2ccccc2)C(=O)NCC(C)C)S(=O)(=O)c2ccccc2)c1C. The van der Waals surface area contributed by atoms with Gasteiger partial charge in [-0.25, -0.2) is 8.42 Å². The van der Waals surface area contributed by atoms with Crippen molar-refractivity contribution in [2.45, 2.75) is 51.6 Å². The van der Waals surface area contributed by atoms with Crippen LogP contribution in [0.25, 0.3) is 0 Å². The molecule has 0 saturated heterocycles. The lowest BCUT2D eigenvalue weighted by molar-refractivity contribution is -0.140. The van der Waals surface area contributed by atoms with Gasteiger partial charge in [-0.15, -0.1) is 0 Å². The fraction of sp³-hybridized carbons (Fsp3) is 0.278. The van der Waals surface area contributed by atoms with E-state index in [9.17, 15) is 18.0 Å². The predicted octanol–water partition coefficient (Wildman–Crippen LogP) is 6.67. The molecule has 0 aliphatic rings. The summed E-state index contributed by atoms with van der Waals surface area (Å²) in [5, 5.41) is 3.02. The van der Waals surface area contributed by atoms with Crippen molar-refractivity contribution < 1.29 is 18.0 Å². The zero-order valence-electron chi connectivity index (χ0n) is 26.1. The first-order valence-electron chi connectivity index (χ1n) is 15.0. The number of anilines is 1. The third kappa shape index (κ3) is 8.83. The average molecular weight is 691 g/mol. The molecule has 4 aromatic carbocycles. The smallest absolute Gasteiger partial charge is 0.264 e. The Balaban J connectivity index is 1.82. The molecular formula is C36H40BrN3O4S. The van der Waals surface area contributed by atoms with Crippen LogP contribution in [0, 0.1) is 19.8 Å². The Morgan fingerprint density at radius 1 is 0.800 bits per heavy atom. The van der Waals surface area contributed by atoms with E-state index >= 15 is 0 Å². The van der Waals surface area contributed by atoms with E-state index in [1.807, 2.05) is 88.4 Å². The van der Waals surface area contributed by atoms with Gasteiger partial charge >= 0.3 is 0 Å². The largest absolute Gasteiger partial charge is 0.354 e. The number of benzene rings is 4. The van der Waals surface area contributed by atoms with E-state index in [2.05, 4.69) is 21.2 Å². The average Bonchev–Trinajstić information content (AvgIpc) is 3.03. The predicted molar refractivity (Wildman–Crippen MR) is 183 cm³/mol. The first kappa shape index (κ1) is 33.9. The molecule has 4 aromatic rings. The normalized spacial score (nSPS) is 12.0. The first-order chi connectivity index (χ1) is 21.5. The minimum absolute atomic E-state index is 0.0775. The third-order valence-corrected chi connectivity index (χ3v) is 9.98. The summed E-state index contributed by atoms with van der Waals surface area (Å²) in [5.41, 5.74) is 3.76. The van der Waals surface area contributed by atoms with Crippen molar-refractivity contribution in [3.8, 4) is 0 Å². The van der Waals surface area contributed by atoms with E-state index in [-0.39, 0.29) is 29.7 Å². The van der Waals surface area contributed by atoms with Crippen LogP contribution in [0.1, 0.15) is 36.1 Å². The quantitative estimate of drug-likeness (QED) is 0.170. The van der Waals surface area contributed by atoms with Crippen molar-refractivity contribution >= 4 is 43.5 Å². The summed E-state index contributed by atoms with van der Waals surface area (Å²) in [5.74, 6) is -0.570. The third-order valence-electron chi connectivity index (χ3n) is 7.68. The molecule has 0 aliphatic carbocycles. The van der Waals surface area contributed by atoms with E-state index in [0.717, 1.165) is 26.7 Å². The van der Waals surface area contributed by atoms with Crippen LogP contribution in [0.4, 0.5) is 5.69 Å². The molecule has 0 aliphatic heterocycles. The van der Waals surface area contributed by atoms with Gasteiger partial charge in [0.25, 0.3) is 10.0 Å². The Morgan fingerprint density at radius 2 is 1.42 bits per heavy atom. The molecule has 236 valence electrons. The highest BCUT2D eigenvalue weighted by Crippen LogP contribution is 2.29. The highest BCUT2D eigenvalue weighted by molar-refractivity contribution is 9.10. The van der Waals surface area contributed by atoms with Gasteiger partial charge in [0.2, 0.25) is 11.8 Å². The standard InChI is InChI=1S/C36H40BrN3O4S/c1-26(2)23-38-36(42)34(22-29-13-7-5-8-14-29)39(24-30-18-20-31(37)21-19-30)35(41)25-40(33-17-11-12-27(3)28(33)4)45(43,44)32-15-9-6-10-16-32/h5-21,26,34H,22-25H2,1-4H3,(H,38,42)/t34-/m0/s1. The maximum atomic E-state index is 14.6. The van der Waals surface area contributed by atoms with Crippen molar-refractivity contribution in [2.75, 3.05) is 17.4 Å². The van der Waals surface area contributed by atoms with Crippen LogP contribution < -0.4 is 9.62 Å². The Morgan fingerprint density at radius 3 is 2.04 bits per heavy atom. The van der Waals surface area contributed by atoms with Crippen LogP contribution in [-0.4, -0.2) is 44.3 Å². The van der Waals surface area contributed by atoms with Gasteiger partial charge in [-0.3, -0.25) is 13.9 Å². The second-order valence-electron chi connectivity index (χ2n) is 11.5. The maximum absolute atomic E-state index is 14.6. The van der Waals surface area contributed by atoms with Gasteiger partial charge in [-0.2, -0.15) is 0 Å². The molecule has 4 rings (SSSR count). The molecule has 0 fully saturated rings. The number of hydrogen-bond acceptors (Lipinski definition) is 4. The Hall–Kier alpha value is -3.95. The van der Waals surface area contributed by atoms with Crippen molar-refractivity contribution in [3.05, 3.63) is 130 Å². The zero-order valence-corrected chi connectivity index (χ0v) is 28.5. The molecule has 0 aromatic heterocycles. The number of nitrogens with zero attached hydrogens (tertiary/aromatic N) is 2. The van der Waals surface area contributed by atoms with Crippen LogP contribution >= 0.6 is 15.9 Å². The number of aryl methyl sites for hydroxylation is 1. The van der Waals surface area contributed by atoms with Crippen molar-refractivity contribution in [1.29, 1.82) is 0 Å². The first-order valence-corrected chi connectivity index (χ1v) is 17.2. The van der Waals surface area contributed by atoms with Gasteiger partial charge in [0.15, 0.2) is 0 Å². The highest BCUT2D eigenvalue weighted by atomic mass is 79.9. The number of nitrogens with one attached hydrogen (secondary N) is 1. The summed E-state index contributed by atoms with van der Waals surface area (Å²) in [4.78, 5) is 30.0. The fourth-order valence-electron chi connectivity index (χ4n) is 5.00. The lowest BCUT2D eigenvalue weighted by atomic mass is 10.0. The minimum atomic E-state index is -4.15. The van der Waals surface area contributed by atoms with Gasteiger partial charge in [0, 0.05) is 24.0 Å². The zero-order chi connectivity index (χ0) is 32.6. The number of carbonyl (C=O) groups is 2. The van der Waals surface area contributed by atoms with Gasteiger partial charge in [0.1, 0.15) is 12.6 Å². The number of halogens is 1. The molecule has 9 heteroatoms. The monoisotopic (exact) mass is 689 g/mol. The molecule has 1 atom stereocenters. The van der Waals surface area contributed by atoms with Crippen LogP contribution in [0.5, 0.6) is 0 Å². The Labute approximate surface area is 275 Å². The van der Waals surface area contributed by atoms with E-state index < -0.39 is 28.5 Å². The lowest BCUT2D eigenvalue weighted by Gasteiger charge is -2.34. The lowest BCUT2D eigenvalue weighted by Crippen LogP contribution is -2.53. The van der Waals surface area contributed by atoms with Crippen LogP contribution in [-0.2, 0) is 32.6 Å². The topological polar surface area (TPSA) is 86.8 Å². The molecule has 0 unspecified atom stereocenters. The van der Waals surface area contributed by atoms with E-state index in [4.69, 9.17) is 0 Å². The van der Waals surface area contributed by atoms with E-state index in [0.29, 0.717) is 12.2 Å². The van der Waals surface area contributed by atoms with Crippen LogP contribution in [0.3, 0.4) is 0 Å². The number of carbonyl (C=O) groups excluding carboxylic acids is 2.